The van der Waals surface area contributed by atoms with Gasteiger partial charge in [-0.1, -0.05) is 0 Å². The molecule has 0 atom stereocenters. The minimum Gasteiger partial charge on any atom is -0.466 e. The summed E-state index contributed by atoms with van der Waals surface area (Å²) < 4.78 is 9.83. The quantitative estimate of drug-likeness (QED) is 0.572. The van der Waals surface area contributed by atoms with Crippen LogP contribution in [0.25, 0.3) is 0 Å². The van der Waals surface area contributed by atoms with E-state index in [1.807, 2.05) is 13.8 Å². The molecule has 0 aromatic heterocycles. The fraction of sp³-hybridized carbons (Fsp3) is 0.625. The lowest BCUT2D eigenvalue weighted by Gasteiger charge is -2.17. The monoisotopic (exact) mass is 171 g/mol. The summed E-state index contributed by atoms with van der Waals surface area (Å²) in [6.07, 6.45) is 0. The SMILES string of the molecule is COC(=O)C1=C(N)C(C)(C)OC1. The maximum atomic E-state index is 11.1. The lowest BCUT2D eigenvalue weighted by molar-refractivity contribution is -0.136. The molecular formula is C8H13NO3. The van der Waals surface area contributed by atoms with Crippen LogP contribution >= 0.6 is 0 Å². The van der Waals surface area contributed by atoms with E-state index in [1.54, 1.807) is 0 Å². The van der Waals surface area contributed by atoms with Gasteiger partial charge in [0.15, 0.2) is 0 Å². The molecule has 0 fully saturated rings. The zero-order valence-corrected chi connectivity index (χ0v) is 7.51. The summed E-state index contributed by atoms with van der Waals surface area (Å²) in [5.74, 6) is -0.405. The van der Waals surface area contributed by atoms with E-state index in [-0.39, 0.29) is 6.61 Å². The minimum atomic E-state index is -0.538. The molecule has 12 heavy (non-hydrogen) atoms. The molecule has 0 aromatic carbocycles. The molecule has 0 unspecified atom stereocenters. The van der Waals surface area contributed by atoms with E-state index in [0.29, 0.717) is 11.3 Å². The van der Waals surface area contributed by atoms with Crippen molar-refractivity contribution in [3.05, 3.63) is 11.3 Å². The molecule has 0 aromatic rings. The molecule has 1 rings (SSSR count). The number of methoxy groups -OCH3 is 1. The van der Waals surface area contributed by atoms with Crippen molar-refractivity contribution < 1.29 is 14.3 Å². The van der Waals surface area contributed by atoms with E-state index in [1.165, 1.54) is 7.11 Å². The summed E-state index contributed by atoms with van der Waals surface area (Å²) in [5.41, 5.74) is 6.05. The Morgan fingerprint density at radius 3 is 2.58 bits per heavy atom. The predicted octanol–water partition coefficient (Wildman–Crippen LogP) is 0.181. The van der Waals surface area contributed by atoms with Crippen LogP contribution in [0.1, 0.15) is 13.8 Å². The summed E-state index contributed by atoms with van der Waals surface area (Å²) in [5, 5.41) is 0. The first-order chi connectivity index (χ1) is 5.49. The van der Waals surface area contributed by atoms with Crippen LogP contribution in [0.5, 0.6) is 0 Å². The van der Waals surface area contributed by atoms with Gasteiger partial charge in [-0.15, -0.1) is 0 Å². The summed E-state index contributed by atoms with van der Waals surface area (Å²) >= 11 is 0. The maximum Gasteiger partial charge on any atom is 0.337 e. The molecule has 0 aliphatic carbocycles. The number of carbonyl (C=O) groups is 1. The summed E-state index contributed by atoms with van der Waals surface area (Å²) in [7, 11) is 1.33. The molecule has 68 valence electrons. The maximum absolute atomic E-state index is 11.1. The Kier molecular flexibility index (Phi) is 2.10. The van der Waals surface area contributed by atoms with Crippen LogP contribution in [-0.2, 0) is 14.3 Å². The number of esters is 1. The van der Waals surface area contributed by atoms with E-state index >= 15 is 0 Å². The van der Waals surface area contributed by atoms with Crippen molar-refractivity contribution in [2.24, 2.45) is 5.73 Å². The van der Waals surface area contributed by atoms with Gasteiger partial charge in [-0.3, -0.25) is 0 Å². The summed E-state index contributed by atoms with van der Waals surface area (Å²) in [6, 6.07) is 0. The highest BCUT2D eigenvalue weighted by Gasteiger charge is 2.34. The van der Waals surface area contributed by atoms with Gasteiger partial charge in [0.25, 0.3) is 0 Å². The average Bonchev–Trinajstić information content (AvgIpc) is 2.27. The Balaban J connectivity index is 2.93. The van der Waals surface area contributed by atoms with E-state index in [2.05, 4.69) is 4.74 Å². The van der Waals surface area contributed by atoms with Crippen molar-refractivity contribution in [1.29, 1.82) is 0 Å². The van der Waals surface area contributed by atoms with Crippen molar-refractivity contribution in [3.63, 3.8) is 0 Å². The molecule has 2 N–H and O–H groups in total. The first kappa shape index (κ1) is 9.06. The van der Waals surface area contributed by atoms with Gasteiger partial charge >= 0.3 is 5.97 Å². The molecule has 1 aliphatic heterocycles. The zero-order valence-electron chi connectivity index (χ0n) is 7.51. The zero-order chi connectivity index (χ0) is 9.35. The van der Waals surface area contributed by atoms with Crippen molar-refractivity contribution in [1.82, 2.24) is 0 Å². The standard InChI is InChI=1S/C8H13NO3/c1-8(2)6(9)5(4-12-8)7(10)11-3/h4,9H2,1-3H3. The predicted molar refractivity (Wildman–Crippen MR) is 43.3 cm³/mol. The number of nitrogens with two attached hydrogens (primary N) is 1. The third kappa shape index (κ3) is 1.30. The lowest BCUT2D eigenvalue weighted by atomic mass is 10.0. The number of hydrogen-bond acceptors (Lipinski definition) is 4. The molecule has 0 saturated carbocycles. The van der Waals surface area contributed by atoms with Gasteiger partial charge in [-0.2, -0.15) is 0 Å². The smallest absolute Gasteiger partial charge is 0.337 e. The van der Waals surface area contributed by atoms with Gasteiger partial charge in [-0.25, -0.2) is 4.79 Å². The van der Waals surface area contributed by atoms with Gasteiger partial charge in [0.1, 0.15) is 5.60 Å². The second kappa shape index (κ2) is 2.79. The van der Waals surface area contributed by atoms with Crippen LogP contribution < -0.4 is 5.73 Å². The minimum absolute atomic E-state index is 0.242. The average molecular weight is 171 g/mol. The van der Waals surface area contributed by atoms with Gasteiger partial charge < -0.3 is 15.2 Å². The van der Waals surface area contributed by atoms with Gasteiger partial charge in [0.05, 0.1) is 25.0 Å². The van der Waals surface area contributed by atoms with E-state index in [4.69, 9.17) is 10.5 Å². The Morgan fingerprint density at radius 1 is 1.67 bits per heavy atom. The van der Waals surface area contributed by atoms with Crippen molar-refractivity contribution >= 4 is 5.97 Å². The number of rotatable bonds is 1. The second-order valence-corrected chi connectivity index (χ2v) is 3.18. The normalized spacial score (nSPS) is 21.2. The molecule has 1 aliphatic rings. The molecule has 4 heteroatoms. The van der Waals surface area contributed by atoms with Crippen LogP contribution in [0.15, 0.2) is 11.3 Å². The molecule has 0 amide bonds. The second-order valence-electron chi connectivity index (χ2n) is 3.18. The highest BCUT2D eigenvalue weighted by atomic mass is 16.5. The van der Waals surface area contributed by atoms with Crippen LogP contribution in [0.3, 0.4) is 0 Å². The highest BCUT2D eigenvalue weighted by Crippen LogP contribution is 2.27. The fourth-order valence-corrected chi connectivity index (χ4v) is 1.06. The Labute approximate surface area is 71.3 Å². The molecule has 4 nitrogen and oxygen atoms in total. The van der Waals surface area contributed by atoms with Gasteiger partial charge in [0, 0.05) is 0 Å². The number of ether oxygens (including phenoxy) is 2. The first-order valence-electron chi connectivity index (χ1n) is 3.70. The Hall–Kier alpha value is -1.03. The number of hydrogen-bond donors (Lipinski definition) is 1. The molecular weight excluding hydrogens is 158 g/mol. The number of carbonyl (C=O) groups excluding carboxylic acids is 1. The third-order valence-electron chi connectivity index (χ3n) is 1.98. The largest absolute Gasteiger partial charge is 0.466 e. The van der Waals surface area contributed by atoms with Gasteiger partial charge in [0.2, 0.25) is 0 Å². The van der Waals surface area contributed by atoms with Crippen LogP contribution in [-0.4, -0.2) is 25.3 Å². The summed E-state index contributed by atoms with van der Waals surface area (Å²) in [6.45, 7) is 3.88. The van der Waals surface area contributed by atoms with Crippen molar-refractivity contribution in [3.8, 4) is 0 Å². The van der Waals surface area contributed by atoms with Crippen molar-refractivity contribution in [2.75, 3.05) is 13.7 Å². The first-order valence-corrected chi connectivity index (χ1v) is 3.70. The molecule has 0 bridgehead atoms. The Morgan fingerprint density at radius 2 is 2.25 bits per heavy atom. The van der Waals surface area contributed by atoms with E-state index in [0.717, 1.165) is 0 Å². The topological polar surface area (TPSA) is 61.5 Å². The van der Waals surface area contributed by atoms with Gasteiger partial charge in [-0.05, 0) is 13.8 Å². The molecule has 0 radical (unpaired) electrons. The highest BCUT2D eigenvalue weighted by molar-refractivity contribution is 5.90. The van der Waals surface area contributed by atoms with E-state index < -0.39 is 11.6 Å². The molecule has 1 heterocycles. The summed E-state index contributed by atoms with van der Waals surface area (Å²) in [4.78, 5) is 11.1. The fourth-order valence-electron chi connectivity index (χ4n) is 1.06. The van der Waals surface area contributed by atoms with Crippen molar-refractivity contribution in [2.45, 2.75) is 19.4 Å². The van der Waals surface area contributed by atoms with Crippen LogP contribution in [0.4, 0.5) is 0 Å². The van der Waals surface area contributed by atoms with E-state index in [9.17, 15) is 4.79 Å². The lowest BCUT2D eigenvalue weighted by Crippen LogP contribution is -2.27. The third-order valence-corrected chi connectivity index (χ3v) is 1.98. The molecule has 0 spiro atoms. The molecule has 0 saturated heterocycles. The van der Waals surface area contributed by atoms with Crippen LogP contribution in [0, 0.1) is 0 Å². The van der Waals surface area contributed by atoms with Crippen LogP contribution in [0.2, 0.25) is 0 Å². The Bertz CT molecular complexity index is 243.